The van der Waals surface area contributed by atoms with Crippen molar-refractivity contribution in [1.29, 1.82) is 0 Å². The van der Waals surface area contributed by atoms with Gasteiger partial charge in [-0.3, -0.25) is 4.79 Å². The molecule has 3 heteroatoms. The van der Waals surface area contributed by atoms with Crippen molar-refractivity contribution in [3.63, 3.8) is 0 Å². The number of carbonyl (C=O) groups excluding carboxylic acids is 1. The highest BCUT2D eigenvalue weighted by Crippen LogP contribution is 2.24. The Kier molecular flexibility index (Phi) is 4.02. The summed E-state index contributed by atoms with van der Waals surface area (Å²) in [6, 6.07) is 10.5. The van der Waals surface area contributed by atoms with Gasteiger partial charge in [0.15, 0.2) is 12.1 Å². The number of benzene rings is 2. The summed E-state index contributed by atoms with van der Waals surface area (Å²) in [5.41, 5.74) is 4.09. The third-order valence-corrected chi connectivity index (χ3v) is 3.39. The number of aliphatic hydroxyl groups is 2. The van der Waals surface area contributed by atoms with E-state index in [2.05, 4.69) is 0 Å². The third kappa shape index (κ3) is 2.64. The molecule has 0 atom stereocenters. The second-order valence-corrected chi connectivity index (χ2v) is 5.06. The first-order valence-electron chi connectivity index (χ1n) is 6.49. The lowest BCUT2D eigenvalue weighted by Gasteiger charge is -2.14. The van der Waals surface area contributed by atoms with E-state index in [-0.39, 0.29) is 11.3 Å². The first-order chi connectivity index (χ1) is 9.41. The summed E-state index contributed by atoms with van der Waals surface area (Å²) in [4.78, 5) is 12.7. The molecule has 0 aliphatic heterocycles. The minimum atomic E-state index is -1.65. The molecule has 0 saturated heterocycles. The monoisotopic (exact) mass is 270 g/mol. The van der Waals surface area contributed by atoms with Crippen LogP contribution in [-0.4, -0.2) is 16.0 Å². The molecular weight excluding hydrogens is 252 g/mol. The van der Waals surface area contributed by atoms with Crippen molar-refractivity contribution < 1.29 is 15.0 Å². The number of hydrogen-bond donors (Lipinski definition) is 2. The van der Waals surface area contributed by atoms with Gasteiger partial charge >= 0.3 is 0 Å². The fourth-order valence-corrected chi connectivity index (χ4v) is 2.60. The molecule has 0 aliphatic rings. The number of ketones is 1. The van der Waals surface area contributed by atoms with Crippen LogP contribution in [0.3, 0.4) is 0 Å². The SMILES string of the molecule is Cc1cc(C)c(C(=O)c2ccccc2C(O)O)c(C)c1. The predicted octanol–water partition coefficient (Wildman–Crippen LogP) is 2.83. The highest BCUT2D eigenvalue weighted by atomic mass is 16.5. The van der Waals surface area contributed by atoms with E-state index in [4.69, 9.17) is 0 Å². The van der Waals surface area contributed by atoms with Crippen molar-refractivity contribution in [3.8, 4) is 0 Å². The molecule has 2 N–H and O–H groups in total. The van der Waals surface area contributed by atoms with Crippen molar-refractivity contribution in [2.75, 3.05) is 0 Å². The minimum Gasteiger partial charge on any atom is -0.364 e. The molecule has 0 unspecified atom stereocenters. The molecule has 20 heavy (non-hydrogen) atoms. The van der Waals surface area contributed by atoms with E-state index in [9.17, 15) is 15.0 Å². The molecule has 0 aromatic heterocycles. The quantitative estimate of drug-likeness (QED) is 0.666. The summed E-state index contributed by atoms with van der Waals surface area (Å²) in [5.74, 6) is -0.177. The molecule has 2 rings (SSSR count). The number of aryl methyl sites for hydroxylation is 3. The molecule has 0 aliphatic carbocycles. The molecule has 104 valence electrons. The Labute approximate surface area is 118 Å². The Morgan fingerprint density at radius 3 is 2.10 bits per heavy atom. The fourth-order valence-electron chi connectivity index (χ4n) is 2.60. The van der Waals surface area contributed by atoms with E-state index in [1.54, 1.807) is 24.3 Å². The summed E-state index contributed by atoms with van der Waals surface area (Å²) in [6.07, 6.45) is -1.65. The van der Waals surface area contributed by atoms with E-state index in [0.717, 1.165) is 16.7 Å². The third-order valence-electron chi connectivity index (χ3n) is 3.39. The average molecular weight is 270 g/mol. The maximum Gasteiger partial charge on any atom is 0.194 e. The van der Waals surface area contributed by atoms with Gasteiger partial charge in [0.05, 0.1) is 0 Å². The van der Waals surface area contributed by atoms with Crippen molar-refractivity contribution >= 4 is 5.78 Å². The molecular formula is C17H18O3. The van der Waals surface area contributed by atoms with E-state index < -0.39 is 6.29 Å². The van der Waals surface area contributed by atoms with Crippen molar-refractivity contribution in [2.24, 2.45) is 0 Å². The van der Waals surface area contributed by atoms with Gasteiger partial charge in [-0.15, -0.1) is 0 Å². The fraction of sp³-hybridized carbons (Fsp3) is 0.235. The Balaban J connectivity index is 2.58. The van der Waals surface area contributed by atoms with Crippen LogP contribution in [0.25, 0.3) is 0 Å². The van der Waals surface area contributed by atoms with Gasteiger partial charge in [-0.1, -0.05) is 42.0 Å². The Morgan fingerprint density at radius 2 is 1.55 bits per heavy atom. The number of rotatable bonds is 3. The molecule has 0 amide bonds. The predicted molar refractivity (Wildman–Crippen MR) is 77.7 cm³/mol. The van der Waals surface area contributed by atoms with Crippen LogP contribution in [0.15, 0.2) is 36.4 Å². The van der Waals surface area contributed by atoms with Crippen LogP contribution in [0.4, 0.5) is 0 Å². The van der Waals surface area contributed by atoms with Gasteiger partial charge in [-0.2, -0.15) is 0 Å². The molecule has 0 heterocycles. The van der Waals surface area contributed by atoms with E-state index in [1.165, 1.54) is 0 Å². The van der Waals surface area contributed by atoms with Crippen LogP contribution in [-0.2, 0) is 0 Å². The first kappa shape index (κ1) is 14.4. The number of hydrogen-bond acceptors (Lipinski definition) is 3. The Bertz CT molecular complexity index is 634. The molecule has 0 spiro atoms. The lowest BCUT2D eigenvalue weighted by molar-refractivity contribution is -0.0429. The van der Waals surface area contributed by atoms with Gasteiger partial charge in [0.25, 0.3) is 0 Å². The maximum absolute atomic E-state index is 12.7. The molecule has 0 saturated carbocycles. The molecule has 2 aromatic rings. The van der Waals surface area contributed by atoms with Gasteiger partial charge < -0.3 is 10.2 Å². The second kappa shape index (κ2) is 5.57. The lowest BCUT2D eigenvalue weighted by Crippen LogP contribution is -2.11. The highest BCUT2D eigenvalue weighted by Gasteiger charge is 2.20. The summed E-state index contributed by atoms with van der Waals surface area (Å²) < 4.78 is 0. The second-order valence-electron chi connectivity index (χ2n) is 5.06. The minimum absolute atomic E-state index is 0.177. The maximum atomic E-state index is 12.7. The topological polar surface area (TPSA) is 57.5 Å². The Hall–Kier alpha value is -1.97. The van der Waals surface area contributed by atoms with Crippen LogP contribution in [0.2, 0.25) is 0 Å². The highest BCUT2D eigenvalue weighted by molar-refractivity contribution is 6.11. The van der Waals surface area contributed by atoms with Crippen molar-refractivity contribution in [3.05, 3.63) is 69.8 Å². The van der Waals surface area contributed by atoms with Crippen molar-refractivity contribution in [2.45, 2.75) is 27.1 Å². The van der Waals surface area contributed by atoms with Gasteiger partial charge in [-0.05, 0) is 31.9 Å². The lowest BCUT2D eigenvalue weighted by atomic mass is 9.91. The normalized spacial score (nSPS) is 10.9. The summed E-state index contributed by atoms with van der Waals surface area (Å²) >= 11 is 0. The van der Waals surface area contributed by atoms with Crippen LogP contribution in [0.5, 0.6) is 0 Å². The van der Waals surface area contributed by atoms with Crippen LogP contribution in [0, 0.1) is 20.8 Å². The number of carbonyl (C=O) groups is 1. The van der Waals surface area contributed by atoms with Crippen LogP contribution in [0.1, 0.15) is 44.5 Å². The smallest absolute Gasteiger partial charge is 0.194 e. The van der Waals surface area contributed by atoms with Gasteiger partial charge in [0, 0.05) is 16.7 Å². The summed E-state index contributed by atoms with van der Waals surface area (Å²) in [5, 5.41) is 18.8. The molecule has 0 radical (unpaired) electrons. The van der Waals surface area contributed by atoms with E-state index in [0.29, 0.717) is 11.1 Å². The first-order valence-corrected chi connectivity index (χ1v) is 6.49. The van der Waals surface area contributed by atoms with Gasteiger partial charge in [-0.25, -0.2) is 0 Å². The molecule has 2 aromatic carbocycles. The summed E-state index contributed by atoms with van der Waals surface area (Å²) in [7, 11) is 0. The van der Waals surface area contributed by atoms with E-state index in [1.807, 2.05) is 32.9 Å². The Morgan fingerprint density at radius 1 is 1.00 bits per heavy atom. The summed E-state index contributed by atoms with van der Waals surface area (Å²) in [6.45, 7) is 5.77. The van der Waals surface area contributed by atoms with Crippen LogP contribution >= 0.6 is 0 Å². The van der Waals surface area contributed by atoms with Gasteiger partial charge in [0.1, 0.15) is 0 Å². The van der Waals surface area contributed by atoms with E-state index >= 15 is 0 Å². The van der Waals surface area contributed by atoms with Gasteiger partial charge in [0.2, 0.25) is 0 Å². The zero-order valence-electron chi connectivity index (χ0n) is 11.8. The van der Waals surface area contributed by atoms with Crippen LogP contribution < -0.4 is 0 Å². The standard InChI is InChI=1S/C17H18O3/c1-10-8-11(2)15(12(3)9-10)16(18)13-6-4-5-7-14(13)17(19)20/h4-9,17,19-20H,1-3H3. The molecule has 0 bridgehead atoms. The zero-order chi connectivity index (χ0) is 14.9. The zero-order valence-corrected chi connectivity index (χ0v) is 11.8. The van der Waals surface area contributed by atoms with Crippen molar-refractivity contribution in [1.82, 2.24) is 0 Å². The largest absolute Gasteiger partial charge is 0.364 e. The molecule has 0 fully saturated rings. The number of aliphatic hydroxyl groups excluding tert-OH is 1. The average Bonchev–Trinajstić information content (AvgIpc) is 2.37. The molecule has 3 nitrogen and oxygen atoms in total.